The summed E-state index contributed by atoms with van der Waals surface area (Å²) >= 11 is 0. The third-order valence-electron chi connectivity index (χ3n) is 3.88. The second-order valence-corrected chi connectivity index (χ2v) is 8.10. The molecule has 6 nitrogen and oxygen atoms in total. The number of carbonyl (C=O) groups excluding carboxylic acids is 1. The SMILES string of the molecule is Cc1ccc(NC(=O)CNc2ccccc2S(=O)(=O)N(C)C)cc1C. The zero-order valence-electron chi connectivity index (χ0n) is 14.8. The number of nitrogens with zero attached hydrogens (tertiary/aromatic N) is 1. The fraction of sp³-hybridized carbons (Fsp3) is 0.278. The number of rotatable bonds is 6. The fourth-order valence-electron chi connectivity index (χ4n) is 2.23. The molecule has 0 fully saturated rings. The molecular formula is C18H23N3O3S. The standard InChI is InChI=1S/C18H23N3O3S/c1-13-9-10-15(11-14(13)2)20-18(22)12-19-16-7-5-6-8-17(16)25(23,24)21(3)4/h5-11,19H,12H2,1-4H3,(H,20,22). The average Bonchev–Trinajstić information content (AvgIpc) is 2.56. The van der Waals surface area contributed by atoms with Crippen molar-refractivity contribution in [2.24, 2.45) is 0 Å². The summed E-state index contributed by atoms with van der Waals surface area (Å²) in [4.78, 5) is 12.3. The van der Waals surface area contributed by atoms with Crippen molar-refractivity contribution < 1.29 is 13.2 Å². The maximum absolute atomic E-state index is 12.3. The molecular weight excluding hydrogens is 338 g/mol. The van der Waals surface area contributed by atoms with E-state index in [9.17, 15) is 13.2 Å². The maximum Gasteiger partial charge on any atom is 0.244 e. The van der Waals surface area contributed by atoms with E-state index in [4.69, 9.17) is 0 Å². The molecule has 0 unspecified atom stereocenters. The van der Waals surface area contributed by atoms with E-state index in [2.05, 4.69) is 10.6 Å². The first-order chi connectivity index (χ1) is 11.7. The first-order valence-electron chi connectivity index (χ1n) is 7.84. The molecule has 0 aliphatic heterocycles. The van der Waals surface area contributed by atoms with E-state index in [-0.39, 0.29) is 17.3 Å². The number of carbonyl (C=O) groups is 1. The zero-order chi connectivity index (χ0) is 18.6. The van der Waals surface area contributed by atoms with E-state index >= 15 is 0 Å². The van der Waals surface area contributed by atoms with Gasteiger partial charge in [-0.15, -0.1) is 0 Å². The predicted molar refractivity (Wildman–Crippen MR) is 100 cm³/mol. The molecule has 0 radical (unpaired) electrons. The second kappa shape index (κ2) is 7.67. The van der Waals surface area contributed by atoms with Gasteiger partial charge in [0.15, 0.2) is 0 Å². The van der Waals surface area contributed by atoms with Gasteiger partial charge < -0.3 is 10.6 Å². The molecule has 7 heteroatoms. The van der Waals surface area contributed by atoms with Gasteiger partial charge in [-0.3, -0.25) is 4.79 Å². The van der Waals surface area contributed by atoms with Gasteiger partial charge in [0, 0.05) is 19.8 Å². The van der Waals surface area contributed by atoms with E-state index in [0.717, 1.165) is 15.4 Å². The Hall–Kier alpha value is -2.38. The van der Waals surface area contributed by atoms with E-state index in [1.807, 2.05) is 32.0 Å². The fourth-order valence-corrected chi connectivity index (χ4v) is 3.30. The molecule has 2 N–H and O–H groups in total. The van der Waals surface area contributed by atoms with Crippen molar-refractivity contribution >= 4 is 27.3 Å². The Morgan fingerprint density at radius 2 is 1.72 bits per heavy atom. The van der Waals surface area contributed by atoms with Gasteiger partial charge in [0.2, 0.25) is 15.9 Å². The molecule has 0 saturated heterocycles. The van der Waals surface area contributed by atoms with Gasteiger partial charge in [-0.1, -0.05) is 18.2 Å². The molecule has 0 spiro atoms. The van der Waals surface area contributed by atoms with Gasteiger partial charge in [0.1, 0.15) is 4.90 Å². The number of benzene rings is 2. The molecule has 0 heterocycles. The van der Waals surface area contributed by atoms with Crippen LogP contribution >= 0.6 is 0 Å². The second-order valence-electron chi connectivity index (χ2n) is 5.98. The molecule has 2 aromatic rings. The van der Waals surface area contributed by atoms with Crippen molar-refractivity contribution in [2.75, 3.05) is 31.3 Å². The van der Waals surface area contributed by atoms with Crippen LogP contribution in [0.2, 0.25) is 0 Å². The Balaban J connectivity index is 2.09. The highest BCUT2D eigenvalue weighted by molar-refractivity contribution is 7.89. The number of sulfonamides is 1. The molecule has 2 aromatic carbocycles. The number of hydrogen-bond donors (Lipinski definition) is 2. The van der Waals surface area contributed by atoms with Crippen LogP contribution in [0.3, 0.4) is 0 Å². The van der Waals surface area contributed by atoms with Gasteiger partial charge in [-0.2, -0.15) is 0 Å². The Labute approximate surface area is 148 Å². The minimum Gasteiger partial charge on any atom is -0.375 e. The summed E-state index contributed by atoms with van der Waals surface area (Å²) < 4.78 is 25.8. The smallest absolute Gasteiger partial charge is 0.244 e. The van der Waals surface area contributed by atoms with E-state index in [1.165, 1.54) is 20.2 Å². The molecule has 134 valence electrons. The van der Waals surface area contributed by atoms with Crippen LogP contribution < -0.4 is 10.6 Å². The van der Waals surface area contributed by atoms with Crippen LogP contribution in [0.4, 0.5) is 11.4 Å². The lowest BCUT2D eigenvalue weighted by molar-refractivity contribution is -0.114. The normalized spacial score (nSPS) is 11.4. The van der Waals surface area contributed by atoms with Crippen LogP contribution in [0.5, 0.6) is 0 Å². The molecule has 0 aromatic heterocycles. The van der Waals surface area contributed by atoms with E-state index < -0.39 is 10.0 Å². The summed E-state index contributed by atoms with van der Waals surface area (Å²) in [6.45, 7) is 3.95. The zero-order valence-corrected chi connectivity index (χ0v) is 15.6. The van der Waals surface area contributed by atoms with E-state index in [1.54, 1.807) is 18.2 Å². The van der Waals surface area contributed by atoms with E-state index in [0.29, 0.717) is 11.4 Å². The molecule has 0 aliphatic carbocycles. The maximum atomic E-state index is 12.3. The lowest BCUT2D eigenvalue weighted by atomic mass is 10.1. The largest absolute Gasteiger partial charge is 0.375 e. The molecule has 0 bridgehead atoms. The van der Waals surface area contributed by atoms with Gasteiger partial charge in [0.05, 0.1) is 12.2 Å². The third kappa shape index (κ3) is 4.58. The highest BCUT2D eigenvalue weighted by Crippen LogP contribution is 2.23. The number of nitrogens with one attached hydrogen (secondary N) is 2. The van der Waals surface area contributed by atoms with Crippen LogP contribution in [0.1, 0.15) is 11.1 Å². The number of anilines is 2. The van der Waals surface area contributed by atoms with Crippen molar-refractivity contribution in [1.29, 1.82) is 0 Å². The molecule has 2 rings (SSSR count). The Bertz CT molecular complexity index is 877. The highest BCUT2D eigenvalue weighted by Gasteiger charge is 2.20. The van der Waals surface area contributed by atoms with Gasteiger partial charge in [-0.25, -0.2) is 12.7 Å². The topological polar surface area (TPSA) is 78.5 Å². The average molecular weight is 361 g/mol. The summed E-state index contributed by atoms with van der Waals surface area (Å²) in [6.07, 6.45) is 0. The van der Waals surface area contributed by atoms with Crippen LogP contribution in [0, 0.1) is 13.8 Å². The van der Waals surface area contributed by atoms with Gasteiger partial charge in [-0.05, 0) is 49.2 Å². The third-order valence-corrected chi connectivity index (χ3v) is 5.75. The monoisotopic (exact) mass is 361 g/mol. The lowest BCUT2D eigenvalue weighted by Gasteiger charge is -2.16. The van der Waals surface area contributed by atoms with Gasteiger partial charge in [0.25, 0.3) is 0 Å². The molecule has 0 saturated carbocycles. The minimum atomic E-state index is -3.59. The van der Waals surface area contributed by atoms with Crippen LogP contribution in [-0.4, -0.2) is 39.3 Å². The molecule has 1 amide bonds. The first-order valence-corrected chi connectivity index (χ1v) is 9.28. The molecule has 25 heavy (non-hydrogen) atoms. The first kappa shape index (κ1) is 19.0. The van der Waals surface area contributed by atoms with Crippen molar-refractivity contribution in [1.82, 2.24) is 4.31 Å². The van der Waals surface area contributed by atoms with Crippen molar-refractivity contribution in [3.63, 3.8) is 0 Å². The molecule has 0 atom stereocenters. The highest BCUT2D eigenvalue weighted by atomic mass is 32.2. The summed E-state index contributed by atoms with van der Waals surface area (Å²) in [6, 6.07) is 12.2. The summed E-state index contributed by atoms with van der Waals surface area (Å²) in [7, 11) is -0.644. The van der Waals surface area contributed by atoms with Crippen LogP contribution in [0.25, 0.3) is 0 Å². The van der Waals surface area contributed by atoms with Crippen molar-refractivity contribution in [2.45, 2.75) is 18.7 Å². The summed E-state index contributed by atoms with van der Waals surface area (Å²) in [5.41, 5.74) is 3.35. The Morgan fingerprint density at radius 1 is 1.04 bits per heavy atom. The quantitative estimate of drug-likeness (QED) is 0.829. The number of amides is 1. The lowest BCUT2D eigenvalue weighted by Crippen LogP contribution is -2.25. The predicted octanol–water partition coefficient (Wildman–Crippen LogP) is 2.60. The number of aryl methyl sites for hydroxylation is 2. The Morgan fingerprint density at radius 3 is 2.36 bits per heavy atom. The minimum absolute atomic E-state index is 0.0348. The number of hydrogen-bond acceptors (Lipinski definition) is 4. The van der Waals surface area contributed by atoms with Crippen molar-refractivity contribution in [3.8, 4) is 0 Å². The van der Waals surface area contributed by atoms with Crippen LogP contribution in [-0.2, 0) is 14.8 Å². The Kier molecular flexibility index (Phi) is 5.81. The van der Waals surface area contributed by atoms with Crippen LogP contribution in [0.15, 0.2) is 47.4 Å². The summed E-state index contributed by atoms with van der Waals surface area (Å²) in [5.74, 6) is -0.250. The van der Waals surface area contributed by atoms with Gasteiger partial charge >= 0.3 is 0 Å². The summed E-state index contributed by atoms with van der Waals surface area (Å²) in [5, 5.41) is 5.70. The van der Waals surface area contributed by atoms with Crippen molar-refractivity contribution in [3.05, 3.63) is 53.6 Å². The molecule has 0 aliphatic rings. The number of para-hydroxylation sites is 1.